The number of aryl methyl sites for hydroxylation is 1. The summed E-state index contributed by atoms with van der Waals surface area (Å²) in [5.74, 6) is 5.62. The molecule has 0 radical (unpaired) electrons. The lowest BCUT2D eigenvalue weighted by molar-refractivity contribution is 0.551. The normalized spacial score (nSPS) is 12.7. The molecule has 6 heteroatoms. The molecule has 3 N–H and O–H groups in total. The number of nitrogens with zero attached hydrogens (tertiary/aromatic N) is 2. The van der Waals surface area contributed by atoms with Crippen molar-refractivity contribution in [2.45, 2.75) is 12.5 Å². The van der Waals surface area contributed by atoms with E-state index in [0.717, 1.165) is 22.0 Å². The van der Waals surface area contributed by atoms with E-state index in [9.17, 15) is 0 Å². The zero-order valence-corrected chi connectivity index (χ0v) is 12.2. The third kappa shape index (κ3) is 3.32. The predicted octanol–water partition coefficient (Wildman–Crippen LogP) is 2.58. The van der Waals surface area contributed by atoms with Crippen LogP contribution in [0.2, 0.25) is 5.02 Å². The summed E-state index contributed by atoms with van der Waals surface area (Å²) in [4.78, 5) is 0. The lowest BCUT2D eigenvalue weighted by Gasteiger charge is -2.16. The van der Waals surface area contributed by atoms with Crippen molar-refractivity contribution < 1.29 is 0 Å². The SMILES string of the molecule is Cn1cc(CC(NN)c2cc(Cl)cc(Br)c2)cn1. The zero-order valence-electron chi connectivity index (χ0n) is 9.90. The van der Waals surface area contributed by atoms with Gasteiger partial charge in [-0.2, -0.15) is 5.10 Å². The van der Waals surface area contributed by atoms with Crippen LogP contribution in [0.3, 0.4) is 0 Å². The number of aromatic nitrogens is 2. The Morgan fingerprint density at radius 1 is 1.50 bits per heavy atom. The van der Waals surface area contributed by atoms with Gasteiger partial charge in [0.05, 0.1) is 12.2 Å². The standard InChI is InChI=1S/C12H14BrClN4/c1-18-7-8(6-16-18)2-12(17-15)9-3-10(13)5-11(14)4-9/h3-7,12,17H,2,15H2,1H3. The molecule has 0 fully saturated rings. The van der Waals surface area contributed by atoms with Gasteiger partial charge in [-0.3, -0.25) is 16.0 Å². The summed E-state index contributed by atoms with van der Waals surface area (Å²) in [6, 6.07) is 5.77. The molecular weight excluding hydrogens is 316 g/mol. The molecule has 1 unspecified atom stereocenters. The summed E-state index contributed by atoms with van der Waals surface area (Å²) in [5, 5.41) is 4.83. The smallest absolute Gasteiger partial charge is 0.0522 e. The van der Waals surface area contributed by atoms with Crippen LogP contribution in [-0.2, 0) is 13.5 Å². The first-order chi connectivity index (χ1) is 8.58. The zero-order chi connectivity index (χ0) is 13.1. The van der Waals surface area contributed by atoms with Crippen molar-refractivity contribution in [2.75, 3.05) is 0 Å². The molecule has 0 saturated carbocycles. The second kappa shape index (κ2) is 5.84. The van der Waals surface area contributed by atoms with Gasteiger partial charge in [0.2, 0.25) is 0 Å². The van der Waals surface area contributed by atoms with Crippen molar-refractivity contribution in [1.82, 2.24) is 15.2 Å². The summed E-state index contributed by atoms with van der Waals surface area (Å²) in [7, 11) is 1.89. The first-order valence-electron chi connectivity index (χ1n) is 5.48. The van der Waals surface area contributed by atoms with Crippen molar-refractivity contribution >= 4 is 27.5 Å². The molecule has 4 nitrogen and oxygen atoms in total. The van der Waals surface area contributed by atoms with Gasteiger partial charge < -0.3 is 0 Å². The van der Waals surface area contributed by atoms with Crippen LogP contribution in [0, 0.1) is 0 Å². The van der Waals surface area contributed by atoms with Gasteiger partial charge in [0.25, 0.3) is 0 Å². The molecule has 0 saturated heterocycles. The fourth-order valence-electron chi connectivity index (χ4n) is 1.86. The minimum Gasteiger partial charge on any atom is -0.276 e. The first kappa shape index (κ1) is 13.5. The number of nitrogens with one attached hydrogen (secondary N) is 1. The van der Waals surface area contributed by atoms with Gasteiger partial charge in [0, 0.05) is 22.7 Å². The molecule has 1 aromatic heterocycles. The fourth-order valence-corrected chi connectivity index (χ4v) is 2.75. The van der Waals surface area contributed by atoms with Crippen LogP contribution in [0.4, 0.5) is 0 Å². The summed E-state index contributed by atoms with van der Waals surface area (Å²) < 4.78 is 2.72. The monoisotopic (exact) mass is 328 g/mol. The summed E-state index contributed by atoms with van der Waals surface area (Å²) in [5.41, 5.74) is 4.98. The Morgan fingerprint density at radius 2 is 2.28 bits per heavy atom. The summed E-state index contributed by atoms with van der Waals surface area (Å²) in [6.07, 6.45) is 4.57. The third-order valence-electron chi connectivity index (χ3n) is 2.69. The number of hydrogen-bond acceptors (Lipinski definition) is 3. The molecule has 2 rings (SSSR count). The Bertz CT molecular complexity index is 520. The van der Waals surface area contributed by atoms with Crippen molar-refractivity contribution in [3.63, 3.8) is 0 Å². The Balaban J connectivity index is 2.22. The molecule has 0 aliphatic rings. The highest BCUT2D eigenvalue weighted by Crippen LogP contribution is 2.25. The van der Waals surface area contributed by atoms with Crippen molar-refractivity contribution in [1.29, 1.82) is 0 Å². The molecular formula is C12H14BrClN4. The minimum absolute atomic E-state index is 0.00389. The van der Waals surface area contributed by atoms with E-state index in [1.807, 2.05) is 37.6 Å². The molecule has 0 bridgehead atoms. The second-order valence-corrected chi connectivity index (χ2v) is 5.50. The highest BCUT2D eigenvalue weighted by molar-refractivity contribution is 9.10. The minimum atomic E-state index is 0.00389. The topological polar surface area (TPSA) is 55.9 Å². The maximum Gasteiger partial charge on any atom is 0.0522 e. The molecule has 1 aromatic carbocycles. The van der Waals surface area contributed by atoms with E-state index in [2.05, 4.69) is 26.5 Å². The third-order valence-corrected chi connectivity index (χ3v) is 3.36. The maximum absolute atomic E-state index is 6.04. The number of rotatable bonds is 4. The average Bonchev–Trinajstić information content (AvgIpc) is 2.70. The van der Waals surface area contributed by atoms with Crippen molar-refractivity contribution in [3.8, 4) is 0 Å². The molecule has 0 aliphatic carbocycles. The average molecular weight is 330 g/mol. The van der Waals surface area contributed by atoms with Crippen LogP contribution in [0.25, 0.3) is 0 Å². The van der Waals surface area contributed by atoms with E-state index in [4.69, 9.17) is 17.4 Å². The molecule has 0 spiro atoms. The van der Waals surface area contributed by atoms with Crippen LogP contribution in [0.1, 0.15) is 17.2 Å². The fraction of sp³-hybridized carbons (Fsp3) is 0.250. The molecule has 2 aromatic rings. The van der Waals surface area contributed by atoms with Crippen LogP contribution < -0.4 is 11.3 Å². The van der Waals surface area contributed by atoms with Crippen molar-refractivity contribution in [3.05, 3.63) is 51.2 Å². The van der Waals surface area contributed by atoms with Gasteiger partial charge in [0.15, 0.2) is 0 Å². The second-order valence-electron chi connectivity index (χ2n) is 4.15. The van der Waals surface area contributed by atoms with Crippen LogP contribution >= 0.6 is 27.5 Å². The van der Waals surface area contributed by atoms with E-state index in [1.54, 1.807) is 4.68 Å². The quantitative estimate of drug-likeness (QED) is 0.669. The molecule has 96 valence electrons. The Labute approximate surface area is 119 Å². The Kier molecular flexibility index (Phi) is 4.40. The molecule has 18 heavy (non-hydrogen) atoms. The van der Waals surface area contributed by atoms with E-state index in [0.29, 0.717) is 5.02 Å². The van der Waals surface area contributed by atoms with Gasteiger partial charge in [-0.25, -0.2) is 0 Å². The van der Waals surface area contributed by atoms with E-state index in [1.165, 1.54) is 0 Å². The van der Waals surface area contributed by atoms with Crippen LogP contribution in [-0.4, -0.2) is 9.78 Å². The maximum atomic E-state index is 6.04. The highest BCUT2D eigenvalue weighted by Gasteiger charge is 2.13. The lowest BCUT2D eigenvalue weighted by atomic mass is 10.0. The van der Waals surface area contributed by atoms with E-state index < -0.39 is 0 Å². The van der Waals surface area contributed by atoms with Crippen molar-refractivity contribution in [2.24, 2.45) is 12.9 Å². The number of benzene rings is 1. The molecule has 0 aliphatic heterocycles. The van der Waals surface area contributed by atoms with E-state index in [-0.39, 0.29) is 6.04 Å². The Morgan fingerprint density at radius 3 is 2.83 bits per heavy atom. The number of hydrazine groups is 1. The summed E-state index contributed by atoms with van der Waals surface area (Å²) >= 11 is 9.47. The lowest BCUT2D eigenvalue weighted by Crippen LogP contribution is -2.29. The van der Waals surface area contributed by atoms with Gasteiger partial charge in [-0.1, -0.05) is 27.5 Å². The molecule has 1 heterocycles. The van der Waals surface area contributed by atoms with E-state index >= 15 is 0 Å². The number of hydrogen-bond donors (Lipinski definition) is 2. The van der Waals surface area contributed by atoms with Gasteiger partial charge in [0.1, 0.15) is 0 Å². The number of nitrogens with two attached hydrogens (primary N) is 1. The number of halogens is 2. The van der Waals surface area contributed by atoms with Gasteiger partial charge in [-0.15, -0.1) is 0 Å². The molecule has 0 amide bonds. The first-order valence-corrected chi connectivity index (χ1v) is 6.65. The predicted molar refractivity (Wildman–Crippen MR) is 76.1 cm³/mol. The van der Waals surface area contributed by atoms with Gasteiger partial charge >= 0.3 is 0 Å². The molecule has 1 atom stereocenters. The van der Waals surface area contributed by atoms with Crippen LogP contribution in [0.5, 0.6) is 0 Å². The van der Waals surface area contributed by atoms with Gasteiger partial charge in [-0.05, 0) is 35.7 Å². The highest BCUT2D eigenvalue weighted by atomic mass is 79.9. The largest absolute Gasteiger partial charge is 0.276 e. The summed E-state index contributed by atoms with van der Waals surface area (Å²) in [6.45, 7) is 0. The van der Waals surface area contributed by atoms with Crippen LogP contribution in [0.15, 0.2) is 35.1 Å². The Hall–Kier alpha value is -0.880.